The number of piperidine rings is 1. The smallest absolute Gasteiger partial charge is 0.190 e. The molecule has 5 heteroatoms. The van der Waals surface area contributed by atoms with Gasteiger partial charge in [-0.1, -0.05) is 6.42 Å². The van der Waals surface area contributed by atoms with Gasteiger partial charge in [0.2, 0.25) is 0 Å². The third-order valence-corrected chi connectivity index (χ3v) is 3.42. The number of nitrogens with one attached hydrogen (secondary N) is 2. The van der Waals surface area contributed by atoms with Gasteiger partial charge in [-0.05, 0) is 39.7 Å². The molecule has 0 radical (unpaired) electrons. The minimum Gasteiger partial charge on any atom is -0.357 e. The van der Waals surface area contributed by atoms with Crippen molar-refractivity contribution in [3.8, 4) is 0 Å². The topological polar surface area (TPSA) is 39.7 Å². The van der Waals surface area contributed by atoms with Gasteiger partial charge in [-0.2, -0.15) is 0 Å². The zero-order chi connectivity index (χ0) is 12.5. The Hall–Kier alpha value is -0.0400. The zero-order valence-corrected chi connectivity index (χ0v) is 14.4. The molecule has 0 bridgehead atoms. The monoisotopic (exact) mass is 368 g/mol. The van der Waals surface area contributed by atoms with E-state index in [0.29, 0.717) is 0 Å². The third kappa shape index (κ3) is 6.78. The van der Waals surface area contributed by atoms with E-state index in [1.165, 1.54) is 38.8 Å². The average Bonchev–Trinajstić information content (AvgIpc) is 2.35. The maximum absolute atomic E-state index is 4.16. The summed E-state index contributed by atoms with van der Waals surface area (Å²) in [5.74, 6) is 0.916. The van der Waals surface area contributed by atoms with Crippen molar-refractivity contribution in [3.05, 3.63) is 0 Å². The molecule has 0 amide bonds. The van der Waals surface area contributed by atoms with Crippen molar-refractivity contribution in [2.75, 3.05) is 33.2 Å². The number of rotatable bonds is 5. The molecule has 1 atom stereocenters. The summed E-state index contributed by atoms with van der Waals surface area (Å²) in [6, 6.07) is 0.775. The Labute approximate surface area is 129 Å². The highest BCUT2D eigenvalue weighted by Gasteiger charge is 2.16. The summed E-state index contributed by atoms with van der Waals surface area (Å²) >= 11 is 0. The van der Waals surface area contributed by atoms with Crippen LogP contribution in [0.1, 0.15) is 39.5 Å². The second-order valence-corrected chi connectivity index (χ2v) is 4.76. The van der Waals surface area contributed by atoms with E-state index in [4.69, 9.17) is 0 Å². The van der Waals surface area contributed by atoms with Gasteiger partial charge in [0, 0.05) is 32.7 Å². The predicted octanol–water partition coefficient (Wildman–Crippen LogP) is 2.05. The van der Waals surface area contributed by atoms with E-state index in [1.54, 1.807) is 0 Å². The highest BCUT2D eigenvalue weighted by Crippen LogP contribution is 2.15. The molecule has 0 spiro atoms. The molecule has 0 saturated carbocycles. The van der Waals surface area contributed by atoms with Crippen molar-refractivity contribution in [2.45, 2.75) is 45.6 Å². The summed E-state index contributed by atoms with van der Waals surface area (Å²) in [5.41, 5.74) is 0. The number of nitrogens with zero attached hydrogens (tertiary/aromatic N) is 2. The molecule has 0 aromatic rings. The van der Waals surface area contributed by atoms with E-state index in [-0.39, 0.29) is 24.0 Å². The summed E-state index contributed by atoms with van der Waals surface area (Å²) in [7, 11) is 1.82. The van der Waals surface area contributed by atoms with Crippen LogP contribution in [0.2, 0.25) is 0 Å². The number of hydrogen-bond donors (Lipinski definition) is 2. The van der Waals surface area contributed by atoms with Crippen LogP contribution in [0.5, 0.6) is 0 Å². The Morgan fingerprint density at radius 2 is 2.11 bits per heavy atom. The zero-order valence-electron chi connectivity index (χ0n) is 12.0. The van der Waals surface area contributed by atoms with Gasteiger partial charge in [-0.25, -0.2) is 0 Å². The van der Waals surface area contributed by atoms with Crippen LogP contribution in [0.4, 0.5) is 0 Å². The van der Waals surface area contributed by atoms with E-state index in [9.17, 15) is 0 Å². The number of guanidine groups is 1. The van der Waals surface area contributed by atoms with Crippen LogP contribution in [0.25, 0.3) is 0 Å². The van der Waals surface area contributed by atoms with Crippen molar-refractivity contribution in [3.63, 3.8) is 0 Å². The van der Waals surface area contributed by atoms with Gasteiger partial charge in [-0.3, -0.25) is 4.99 Å². The largest absolute Gasteiger partial charge is 0.357 e. The van der Waals surface area contributed by atoms with Gasteiger partial charge >= 0.3 is 0 Å². The van der Waals surface area contributed by atoms with E-state index in [0.717, 1.165) is 25.1 Å². The van der Waals surface area contributed by atoms with Crippen molar-refractivity contribution >= 4 is 29.9 Å². The molecule has 2 N–H and O–H groups in total. The van der Waals surface area contributed by atoms with E-state index >= 15 is 0 Å². The van der Waals surface area contributed by atoms with Crippen LogP contribution >= 0.6 is 24.0 Å². The van der Waals surface area contributed by atoms with Crippen LogP contribution in [-0.4, -0.2) is 50.1 Å². The standard InChI is InChI=1S/C13H28N4.HI/c1-4-15-13(14-3)16-9-7-11-17-10-6-5-8-12(17)2;/h12H,4-11H2,1-3H3,(H2,14,15,16);1H. The van der Waals surface area contributed by atoms with E-state index < -0.39 is 0 Å². The number of halogens is 1. The SMILES string of the molecule is CCNC(=NC)NCCCN1CCCCC1C.I. The highest BCUT2D eigenvalue weighted by molar-refractivity contribution is 14.0. The number of likely N-dealkylation sites (tertiary alicyclic amines) is 1. The van der Waals surface area contributed by atoms with Crippen molar-refractivity contribution in [2.24, 2.45) is 4.99 Å². The molecule has 1 aliphatic rings. The second kappa shape index (κ2) is 10.8. The van der Waals surface area contributed by atoms with Crippen LogP contribution < -0.4 is 10.6 Å². The Bertz CT molecular complexity index is 233. The van der Waals surface area contributed by atoms with E-state index in [2.05, 4.69) is 34.4 Å². The Kier molecular flexibility index (Phi) is 10.8. The molecule has 4 nitrogen and oxygen atoms in total. The summed E-state index contributed by atoms with van der Waals surface area (Å²) < 4.78 is 0. The van der Waals surface area contributed by atoms with Crippen LogP contribution in [-0.2, 0) is 0 Å². The molecule has 108 valence electrons. The van der Waals surface area contributed by atoms with Crippen LogP contribution in [0, 0.1) is 0 Å². The molecular weight excluding hydrogens is 339 g/mol. The lowest BCUT2D eigenvalue weighted by atomic mass is 10.0. The summed E-state index contributed by atoms with van der Waals surface area (Å²) in [6.07, 6.45) is 5.33. The van der Waals surface area contributed by atoms with Gasteiger partial charge in [0.1, 0.15) is 0 Å². The van der Waals surface area contributed by atoms with Gasteiger partial charge in [-0.15, -0.1) is 24.0 Å². The molecule has 1 unspecified atom stereocenters. The fourth-order valence-corrected chi connectivity index (χ4v) is 2.37. The first-order valence-electron chi connectivity index (χ1n) is 6.96. The molecule has 1 aliphatic heterocycles. The van der Waals surface area contributed by atoms with Gasteiger partial charge < -0.3 is 15.5 Å². The van der Waals surface area contributed by atoms with Crippen LogP contribution in [0.15, 0.2) is 4.99 Å². The number of aliphatic imine (C=N–C) groups is 1. The lowest BCUT2D eigenvalue weighted by Crippen LogP contribution is -2.41. The normalized spacial score (nSPS) is 21.3. The Morgan fingerprint density at radius 3 is 2.72 bits per heavy atom. The first kappa shape index (κ1) is 18.0. The Morgan fingerprint density at radius 1 is 1.33 bits per heavy atom. The first-order chi connectivity index (χ1) is 8.27. The van der Waals surface area contributed by atoms with Crippen molar-refractivity contribution in [1.82, 2.24) is 15.5 Å². The molecule has 1 rings (SSSR count). The molecule has 1 heterocycles. The summed E-state index contributed by atoms with van der Waals surface area (Å²) in [5, 5.41) is 6.54. The maximum Gasteiger partial charge on any atom is 0.190 e. The fourth-order valence-electron chi connectivity index (χ4n) is 2.37. The lowest BCUT2D eigenvalue weighted by Gasteiger charge is -2.33. The quantitative estimate of drug-likeness (QED) is 0.338. The van der Waals surface area contributed by atoms with E-state index in [1.807, 2.05) is 7.05 Å². The molecule has 0 aliphatic carbocycles. The van der Waals surface area contributed by atoms with Gasteiger partial charge in [0.25, 0.3) is 0 Å². The highest BCUT2D eigenvalue weighted by atomic mass is 127. The fraction of sp³-hybridized carbons (Fsp3) is 0.923. The van der Waals surface area contributed by atoms with Crippen LogP contribution in [0.3, 0.4) is 0 Å². The summed E-state index contributed by atoms with van der Waals surface area (Å²) in [4.78, 5) is 6.77. The van der Waals surface area contributed by atoms with Gasteiger partial charge in [0.05, 0.1) is 0 Å². The molecule has 18 heavy (non-hydrogen) atoms. The van der Waals surface area contributed by atoms with Crippen molar-refractivity contribution in [1.29, 1.82) is 0 Å². The lowest BCUT2D eigenvalue weighted by molar-refractivity contribution is 0.159. The third-order valence-electron chi connectivity index (χ3n) is 3.42. The Balaban J connectivity index is 0.00000289. The molecular formula is C13H29IN4. The minimum absolute atomic E-state index is 0. The first-order valence-corrected chi connectivity index (χ1v) is 6.96. The predicted molar refractivity (Wildman–Crippen MR) is 90.0 cm³/mol. The maximum atomic E-state index is 4.16. The molecule has 0 aromatic heterocycles. The number of hydrogen-bond acceptors (Lipinski definition) is 2. The van der Waals surface area contributed by atoms with Crippen molar-refractivity contribution < 1.29 is 0 Å². The minimum atomic E-state index is 0. The van der Waals surface area contributed by atoms with Gasteiger partial charge in [0.15, 0.2) is 5.96 Å². The molecule has 1 fully saturated rings. The second-order valence-electron chi connectivity index (χ2n) is 4.76. The summed E-state index contributed by atoms with van der Waals surface area (Å²) in [6.45, 7) is 8.85. The molecule has 0 aromatic carbocycles. The average molecular weight is 368 g/mol. The molecule has 1 saturated heterocycles.